The molecule has 0 aliphatic carbocycles. The van der Waals surface area contributed by atoms with Crippen LogP contribution in [0.25, 0.3) is 0 Å². The van der Waals surface area contributed by atoms with Crippen molar-refractivity contribution < 1.29 is 21.6 Å². The predicted molar refractivity (Wildman–Crippen MR) is 76.7 cm³/mol. The Kier molecular flexibility index (Phi) is 4.98. The molecule has 2 rings (SSSR count). The van der Waals surface area contributed by atoms with Crippen LogP contribution in [0.4, 0.5) is 13.2 Å². The lowest BCUT2D eigenvalue weighted by molar-refractivity contribution is -0.137. The van der Waals surface area contributed by atoms with Crippen LogP contribution in [-0.4, -0.2) is 31.9 Å². The van der Waals surface area contributed by atoms with E-state index in [1.165, 1.54) is 10.4 Å². The van der Waals surface area contributed by atoms with Crippen molar-refractivity contribution in [1.29, 1.82) is 5.26 Å². The van der Waals surface area contributed by atoms with Crippen LogP contribution in [0, 0.1) is 11.3 Å². The van der Waals surface area contributed by atoms with Crippen LogP contribution in [0.2, 0.25) is 0 Å². The monoisotopic (exact) mass is 347 g/mol. The quantitative estimate of drug-likeness (QED) is 0.907. The van der Waals surface area contributed by atoms with Gasteiger partial charge in [0.15, 0.2) is 0 Å². The highest BCUT2D eigenvalue weighted by molar-refractivity contribution is 7.89. The molecule has 5 nitrogen and oxygen atoms in total. The van der Waals surface area contributed by atoms with Crippen LogP contribution in [0.5, 0.6) is 0 Å². The van der Waals surface area contributed by atoms with Gasteiger partial charge in [-0.15, -0.1) is 0 Å². The molecule has 0 aromatic heterocycles. The van der Waals surface area contributed by atoms with E-state index in [4.69, 9.17) is 11.0 Å². The van der Waals surface area contributed by atoms with Crippen LogP contribution in [0.1, 0.15) is 30.4 Å². The third-order valence-electron chi connectivity index (χ3n) is 3.87. The molecule has 1 aromatic rings. The standard InChI is InChI=1S/C14H16F3N3O2S/c15-14(16,17)13-5-4-12(7-10(13)8-18)23(21,22)20-6-2-1-3-11(20)9-19/h4-5,7,11H,1-3,6,9,19H2. The summed E-state index contributed by atoms with van der Waals surface area (Å²) in [5.41, 5.74) is 3.74. The number of nitrogens with zero attached hydrogens (tertiary/aromatic N) is 2. The Bertz CT molecular complexity index is 726. The smallest absolute Gasteiger partial charge is 0.329 e. The van der Waals surface area contributed by atoms with Crippen molar-refractivity contribution in [2.24, 2.45) is 5.73 Å². The van der Waals surface area contributed by atoms with E-state index < -0.39 is 27.3 Å². The molecular weight excluding hydrogens is 331 g/mol. The Hall–Kier alpha value is -1.63. The Labute approximate surface area is 132 Å². The third-order valence-corrected chi connectivity index (χ3v) is 5.82. The molecule has 0 radical (unpaired) electrons. The first-order valence-corrected chi connectivity index (χ1v) is 8.49. The minimum atomic E-state index is -4.71. The molecule has 1 aliphatic rings. The van der Waals surface area contributed by atoms with Crippen molar-refractivity contribution in [1.82, 2.24) is 4.31 Å². The topological polar surface area (TPSA) is 87.2 Å². The Balaban J connectivity index is 2.47. The lowest BCUT2D eigenvalue weighted by Crippen LogP contribution is -2.47. The van der Waals surface area contributed by atoms with Gasteiger partial charge in [0.05, 0.1) is 22.1 Å². The summed E-state index contributed by atoms with van der Waals surface area (Å²) in [5.74, 6) is 0. The second kappa shape index (κ2) is 6.47. The fraction of sp³-hybridized carbons (Fsp3) is 0.500. The highest BCUT2D eigenvalue weighted by atomic mass is 32.2. The molecule has 0 spiro atoms. The average molecular weight is 347 g/mol. The van der Waals surface area contributed by atoms with E-state index in [9.17, 15) is 21.6 Å². The summed E-state index contributed by atoms with van der Waals surface area (Å²) in [6, 6.07) is 3.34. The zero-order chi connectivity index (χ0) is 17.3. The van der Waals surface area contributed by atoms with Gasteiger partial charge in [0.1, 0.15) is 0 Å². The van der Waals surface area contributed by atoms with Gasteiger partial charge in [0.25, 0.3) is 0 Å². The fourth-order valence-corrected chi connectivity index (χ4v) is 4.42. The summed E-state index contributed by atoms with van der Waals surface area (Å²) < 4.78 is 65.0. The Morgan fingerprint density at radius 3 is 2.61 bits per heavy atom. The van der Waals surface area contributed by atoms with E-state index in [0.29, 0.717) is 18.9 Å². The van der Waals surface area contributed by atoms with Gasteiger partial charge in [-0.05, 0) is 31.0 Å². The maximum atomic E-state index is 12.8. The fourth-order valence-electron chi connectivity index (χ4n) is 2.68. The normalized spacial score (nSPS) is 20.2. The first-order valence-electron chi connectivity index (χ1n) is 7.05. The molecule has 1 unspecified atom stereocenters. The third kappa shape index (κ3) is 3.49. The molecule has 0 bridgehead atoms. The van der Waals surface area contributed by atoms with Crippen molar-refractivity contribution in [3.8, 4) is 6.07 Å². The molecule has 2 N–H and O–H groups in total. The SMILES string of the molecule is N#Cc1cc(S(=O)(=O)N2CCCCC2CN)ccc1C(F)(F)F. The van der Waals surface area contributed by atoms with E-state index in [-0.39, 0.29) is 24.0 Å². The number of sulfonamides is 1. The molecule has 1 fully saturated rings. The second-order valence-corrected chi connectivity index (χ2v) is 7.21. The van der Waals surface area contributed by atoms with Gasteiger partial charge in [-0.3, -0.25) is 0 Å². The highest BCUT2D eigenvalue weighted by Gasteiger charge is 2.36. The molecule has 0 amide bonds. The van der Waals surface area contributed by atoms with Crippen LogP contribution in [-0.2, 0) is 16.2 Å². The summed E-state index contributed by atoms with van der Waals surface area (Å²) >= 11 is 0. The number of nitrogens with two attached hydrogens (primary N) is 1. The summed E-state index contributed by atoms with van der Waals surface area (Å²) in [6.07, 6.45) is -2.58. The molecule has 1 saturated heterocycles. The molecule has 9 heteroatoms. The number of hydrogen-bond donors (Lipinski definition) is 1. The van der Waals surface area contributed by atoms with Gasteiger partial charge in [-0.2, -0.15) is 22.7 Å². The highest BCUT2D eigenvalue weighted by Crippen LogP contribution is 2.34. The van der Waals surface area contributed by atoms with Crippen LogP contribution in [0.15, 0.2) is 23.1 Å². The average Bonchev–Trinajstić information content (AvgIpc) is 2.53. The van der Waals surface area contributed by atoms with Gasteiger partial charge < -0.3 is 5.73 Å². The lowest BCUT2D eigenvalue weighted by Gasteiger charge is -2.34. The van der Waals surface area contributed by atoms with E-state index >= 15 is 0 Å². The first-order chi connectivity index (χ1) is 10.7. The number of benzene rings is 1. The molecule has 1 aliphatic heterocycles. The van der Waals surface area contributed by atoms with Crippen molar-refractivity contribution in [2.45, 2.75) is 36.4 Å². The van der Waals surface area contributed by atoms with Crippen molar-refractivity contribution in [3.63, 3.8) is 0 Å². The minimum Gasteiger partial charge on any atom is -0.329 e. The van der Waals surface area contributed by atoms with Crippen LogP contribution >= 0.6 is 0 Å². The number of rotatable bonds is 3. The summed E-state index contributed by atoms with van der Waals surface area (Å²) in [4.78, 5) is -0.317. The number of hydrogen-bond acceptors (Lipinski definition) is 4. The zero-order valence-electron chi connectivity index (χ0n) is 12.2. The summed E-state index contributed by atoms with van der Waals surface area (Å²) in [5, 5.41) is 8.90. The Morgan fingerprint density at radius 2 is 2.04 bits per heavy atom. The van der Waals surface area contributed by atoms with Gasteiger partial charge in [0.2, 0.25) is 10.0 Å². The maximum Gasteiger partial charge on any atom is 0.417 e. The molecule has 1 heterocycles. The molecule has 1 atom stereocenters. The van der Waals surface area contributed by atoms with Gasteiger partial charge in [-0.25, -0.2) is 8.42 Å². The van der Waals surface area contributed by atoms with Crippen LogP contribution < -0.4 is 5.73 Å². The maximum absolute atomic E-state index is 12.8. The Morgan fingerprint density at radius 1 is 1.35 bits per heavy atom. The number of nitriles is 1. The van der Waals surface area contributed by atoms with Gasteiger partial charge in [-0.1, -0.05) is 6.42 Å². The van der Waals surface area contributed by atoms with E-state index in [1.54, 1.807) is 0 Å². The summed E-state index contributed by atoms with van der Waals surface area (Å²) in [7, 11) is -3.98. The largest absolute Gasteiger partial charge is 0.417 e. The summed E-state index contributed by atoms with van der Waals surface area (Å²) in [6.45, 7) is 0.415. The van der Waals surface area contributed by atoms with Gasteiger partial charge in [0, 0.05) is 19.1 Å². The predicted octanol–water partition coefficient (Wildman–Crippen LogP) is 2.08. The van der Waals surface area contributed by atoms with Crippen LogP contribution in [0.3, 0.4) is 0 Å². The first kappa shape index (κ1) is 17.7. The van der Waals surface area contributed by atoms with E-state index in [2.05, 4.69) is 0 Å². The molecular formula is C14H16F3N3O2S. The molecule has 126 valence electrons. The van der Waals surface area contributed by atoms with E-state index in [1.807, 2.05) is 0 Å². The molecule has 23 heavy (non-hydrogen) atoms. The van der Waals surface area contributed by atoms with Gasteiger partial charge >= 0.3 is 6.18 Å². The van der Waals surface area contributed by atoms with Crippen molar-refractivity contribution in [2.75, 3.05) is 13.1 Å². The number of alkyl halides is 3. The van der Waals surface area contributed by atoms with Crippen molar-refractivity contribution in [3.05, 3.63) is 29.3 Å². The molecule has 0 saturated carbocycles. The second-order valence-electron chi connectivity index (χ2n) is 5.32. The molecule has 1 aromatic carbocycles. The number of halogens is 3. The minimum absolute atomic E-state index is 0.144. The number of piperidine rings is 1. The van der Waals surface area contributed by atoms with Crippen molar-refractivity contribution >= 4 is 10.0 Å². The lowest BCUT2D eigenvalue weighted by atomic mass is 10.1. The van der Waals surface area contributed by atoms with E-state index in [0.717, 1.165) is 18.6 Å². The zero-order valence-corrected chi connectivity index (χ0v) is 13.0.